The molecule has 3 N–H and O–H groups in total. The lowest BCUT2D eigenvalue weighted by molar-refractivity contribution is -0.136. The van der Waals surface area contributed by atoms with E-state index in [2.05, 4.69) is 38.5 Å². The summed E-state index contributed by atoms with van der Waals surface area (Å²) in [5.41, 5.74) is 3.84. The Morgan fingerprint density at radius 2 is 1.83 bits per heavy atom. The SMILES string of the molecule is CN(Cc1ccc2c(c1)CN(C1CCC(=O)NC1=O)C2=O)C1CCN(c2ncc(Cl)c(Nc3ccc4c(c3)n(CCC(C)(C)O)c(=O)n4C)n2)CC1. The van der Waals surface area contributed by atoms with Crippen LogP contribution in [0, 0.1) is 0 Å². The Balaban J connectivity index is 0.975. The van der Waals surface area contributed by atoms with Crippen LogP contribution in [0.2, 0.25) is 5.02 Å². The summed E-state index contributed by atoms with van der Waals surface area (Å²) < 4.78 is 3.28. The number of piperidine rings is 2. The minimum Gasteiger partial charge on any atom is -0.390 e. The standard InChI is InChI=1S/C37H44ClN9O5/c1-37(2,52)13-16-46-30-18-24(6-8-28(30)44(4)36(46)51)40-32-27(38)19-39-35(42-32)45-14-11-25(12-15-45)43(3)20-22-5-7-26-23(17-22)21-47(34(26)50)29-9-10-31(48)41-33(29)49/h5-8,17-19,25,29,52H,9-16,20-21H2,1-4H3,(H,39,40,42)(H,41,48,49). The van der Waals surface area contributed by atoms with Crippen molar-refractivity contribution in [3.05, 3.63) is 74.8 Å². The number of halogens is 1. The van der Waals surface area contributed by atoms with Crippen LogP contribution in [0.15, 0.2) is 47.4 Å². The number of carbonyl (C=O) groups is 3. The van der Waals surface area contributed by atoms with Crippen molar-refractivity contribution >= 4 is 57.8 Å². The second kappa shape index (κ2) is 14.0. The van der Waals surface area contributed by atoms with E-state index in [1.807, 2.05) is 30.3 Å². The van der Waals surface area contributed by atoms with Crippen molar-refractivity contribution < 1.29 is 19.5 Å². The molecule has 2 fully saturated rings. The highest BCUT2D eigenvalue weighted by atomic mass is 35.5. The second-order valence-electron chi connectivity index (χ2n) is 14.8. The summed E-state index contributed by atoms with van der Waals surface area (Å²) in [5.74, 6) is 0.188. The molecule has 0 spiro atoms. The molecule has 0 bridgehead atoms. The first-order valence-electron chi connectivity index (χ1n) is 17.7. The highest BCUT2D eigenvalue weighted by Gasteiger charge is 2.39. The zero-order chi connectivity index (χ0) is 36.9. The van der Waals surface area contributed by atoms with Gasteiger partial charge in [-0.05, 0) is 82.0 Å². The molecule has 7 rings (SSSR count). The highest BCUT2D eigenvalue weighted by molar-refractivity contribution is 6.33. The molecule has 4 aromatic rings. The number of rotatable bonds is 10. The fourth-order valence-electron chi connectivity index (χ4n) is 7.47. The fourth-order valence-corrected chi connectivity index (χ4v) is 7.61. The molecule has 1 atom stereocenters. The van der Waals surface area contributed by atoms with Gasteiger partial charge in [0.15, 0.2) is 5.82 Å². The Kier molecular flexibility index (Phi) is 9.57. The topological polar surface area (TPSA) is 158 Å². The predicted molar refractivity (Wildman–Crippen MR) is 198 cm³/mol. The third-order valence-corrected chi connectivity index (χ3v) is 10.8. The van der Waals surface area contributed by atoms with Gasteiger partial charge in [-0.2, -0.15) is 4.98 Å². The van der Waals surface area contributed by atoms with E-state index in [-0.39, 0.29) is 23.9 Å². The number of anilines is 3. The number of amides is 3. The van der Waals surface area contributed by atoms with E-state index >= 15 is 0 Å². The summed E-state index contributed by atoms with van der Waals surface area (Å²) in [5, 5.41) is 16.3. The molecule has 14 nitrogen and oxygen atoms in total. The molecule has 2 aromatic carbocycles. The average molecular weight is 730 g/mol. The molecule has 1 unspecified atom stereocenters. The van der Waals surface area contributed by atoms with E-state index in [1.54, 1.807) is 41.1 Å². The first-order chi connectivity index (χ1) is 24.8. The van der Waals surface area contributed by atoms with Crippen molar-refractivity contribution in [3.8, 4) is 0 Å². The number of imidazole rings is 1. The molecule has 2 aromatic heterocycles. The smallest absolute Gasteiger partial charge is 0.328 e. The van der Waals surface area contributed by atoms with Crippen molar-refractivity contribution in [1.29, 1.82) is 0 Å². The lowest BCUT2D eigenvalue weighted by atomic mass is 10.0. The summed E-state index contributed by atoms with van der Waals surface area (Å²) in [6.07, 6.45) is 4.43. The molecule has 0 saturated carbocycles. The number of hydrogen-bond donors (Lipinski definition) is 3. The van der Waals surface area contributed by atoms with Crippen molar-refractivity contribution in [2.24, 2.45) is 7.05 Å². The average Bonchev–Trinajstić information content (AvgIpc) is 3.55. The van der Waals surface area contributed by atoms with Crippen LogP contribution in [-0.2, 0) is 36.3 Å². The van der Waals surface area contributed by atoms with Gasteiger partial charge in [-0.3, -0.25) is 33.7 Å². The first kappa shape index (κ1) is 35.6. The van der Waals surface area contributed by atoms with Gasteiger partial charge in [0.2, 0.25) is 17.8 Å². The third-order valence-electron chi connectivity index (χ3n) is 10.5. The number of hydrogen-bond acceptors (Lipinski definition) is 10. The van der Waals surface area contributed by atoms with Gasteiger partial charge in [0.05, 0.1) is 22.8 Å². The van der Waals surface area contributed by atoms with Crippen LogP contribution in [-0.4, -0.2) is 89.6 Å². The summed E-state index contributed by atoms with van der Waals surface area (Å²) in [7, 11) is 3.85. The van der Waals surface area contributed by atoms with Crippen LogP contribution in [0.1, 0.15) is 67.4 Å². The third kappa shape index (κ3) is 7.14. The van der Waals surface area contributed by atoms with Gasteiger partial charge in [0, 0.05) is 63.5 Å². The van der Waals surface area contributed by atoms with Gasteiger partial charge in [-0.15, -0.1) is 0 Å². The molecule has 52 heavy (non-hydrogen) atoms. The van der Waals surface area contributed by atoms with E-state index in [4.69, 9.17) is 16.6 Å². The van der Waals surface area contributed by atoms with Gasteiger partial charge >= 0.3 is 5.69 Å². The quantitative estimate of drug-likeness (QED) is 0.206. The van der Waals surface area contributed by atoms with Gasteiger partial charge < -0.3 is 20.2 Å². The zero-order valence-corrected chi connectivity index (χ0v) is 30.6. The molecular weight excluding hydrogens is 686 g/mol. The fraction of sp³-hybridized carbons (Fsp3) is 0.459. The van der Waals surface area contributed by atoms with E-state index < -0.39 is 17.6 Å². The van der Waals surface area contributed by atoms with Crippen molar-refractivity contribution in [1.82, 2.24) is 34.2 Å². The summed E-state index contributed by atoms with van der Waals surface area (Å²) in [6.45, 7) is 6.44. The molecular formula is C37H44ClN9O5. The monoisotopic (exact) mass is 729 g/mol. The number of fused-ring (bicyclic) bond motifs is 2. The predicted octanol–water partition coefficient (Wildman–Crippen LogP) is 3.55. The summed E-state index contributed by atoms with van der Waals surface area (Å²) >= 11 is 6.56. The lowest BCUT2D eigenvalue weighted by Crippen LogP contribution is -2.52. The van der Waals surface area contributed by atoms with Gasteiger partial charge in [0.1, 0.15) is 11.1 Å². The number of aromatic nitrogens is 4. The molecule has 3 aliphatic heterocycles. The van der Waals surface area contributed by atoms with E-state index in [0.717, 1.165) is 53.8 Å². The van der Waals surface area contributed by atoms with Crippen molar-refractivity contribution in [2.75, 3.05) is 30.4 Å². The lowest BCUT2D eigenvalue weighted by Gasteiger charge is -2.37. The molecule has 0 aliphatic carbocycles. The Labute approximate surface area is 306 Å². The Bertz CT molecular complexity index is 2110. The van der Waals surface area contributed by atoms with Crippen LogP contribution in [0.5, 0.6) is 0 Å². The van der Waals surface area contributed by atoms with Gasteiger partial charge in [-0.25, -0.2) is 9.78 Å². The van der Waals surface area contributed by atoms with Crippen molar-refractivity contribution in [2.45, 2.75) is 83.3 Å². The molecule has 5 heterocycles. The van der Waals surface area contributed by atoms with Crippen molar-refractivity contribution in [3.63, 3.8) is 0 Å². The van der Waals surface area contributed by atoms with Gasteiger partial charge in [-0.1, -0.05) is 23.7 Å². The van der Waals surface area contributed by atoms with E-state index in [0.29, 0.717) is 60.9 Å². The Morgan fingerprint density at radius 3 is 2.56 bits per heavy atom. The number of nitrogens with zero attached hydrogens (tertiary/aromatic N) is 7. The maximum absolute atomic E-state index is 13.1. The molecule has 2 saturated heterocycles. The molecule has 0 radical (unpaired) electrons. The number of benzene rings is 2. The summed E-state index contributed by atoms with van der Waals surface area (Å²) in [6, 6.07) is 11.3. The minimum absolute atomic E-state index is 0.144. The molecule has 15 heteroatoms. The van der Waals surface area contributed by atoms with Crippen LogP contribution in [0.25, 0.3) is 11.0 Å². The Morgan fingerprint density at radius 1 is 1.06 bits per heavy atom. The number of carbonyl (C=O) groups excluding carboxylic acids is 3. The first-order valence-corrected chi connectivity index (χ1v) is 18.1. The van der Waals surface area contributed by atoms with E-state index in [1.165, 1.54) is 0 Å². The number of nitrogens with one attached hydrogen (secondary N) is 2. The van der Waals surface area contributed by atoms with Crippen LogP contribution >= 0.6 is 11.6 Å². The molecule has 274 valence electrons. The number of aliphatic hydroxyl groups is 1. The van der Waals surface area contributed by atoms with Gasteiger partial charge in [0.25, 0.3) is 5.91 Å². The van der Waals surface area contributed by atoms with Crippen LogP contribution in [0.3, 0.4) is 0 Å². The highest BCUT2D eigenvalue weighted by Crippen LogP contribution is 2.31. The maximum atomic E-state index is 13.1. The number of imide groups is 1. The summed E-state index contributed by atoms with van der Waals surface area (Å²) in [4.78, 5) is 65.5. The Hall–Kier alpha value is -4.79. The minimum atomic E-state index is -0.901. The zero-order valence-electron chi connectivity index (χ0n) is 29.9. The maximum Gasteiger partial charge on any atom is 0.328 e. The van der Waals surface area contributed by atoms with E-state index in [9.17, 15) is 24.3 Å². The normalized spacial score (nSPS) is 18.4. The molecule has 3 amide bonds. The second-order valence-corrected chi connectivity index (χ2v) is 15.2. The van der Waals surface area contributed by atoms with Crippen LogP contribution < -0.4 is 21.2 Å². The largest absolute Gasteiger partial charge is 0.390 e. The van der Waals surface area contributed by atoms with Crippen LogP contribution in [0.4, 0.5) is 17.5 Å². The number of aryl methyl sites for hydroxylation is 2. The molecule has 3 aliphatic rings.